The van der Waals surface area contributed by atoms with Crippen molar-refractivity contribution in [1.29, 1.82) is 0 Å². The number of esters is 2. The van der Waals surface area contributed by atoms with Gasteiger partial charge in [-0.1, -0.05) is 184 Å². The van der Waals surface area contributed by atoms with E-state index in [1.165, 1.54) is 96.3 Å². The Morgan fingerprint density at radius 3 is 1.38 bits per heavy atom. The molecule has 0 saturated heterocycles. The number of rotatable bonds is 41. The SMILES string of the molecule is CC/C=C/C=C/C=C/C=C/CCCCCCCC(=O)O[C@@H](COC(=O)CCCCCCCCCCCCC/C=C/CCCCCCCC)COP(=O)(O)OC1C(O)C(O)C(O)[C@H](O)C1O. The van der Waals surface area contributed by atoms with Gasteiger partial charge in [0.25, 0.3) is 0 Å². The molecule has 0 heterocycles. The number of phosphoric ester groups is 1. The van der Waals surface area contributed by atoms with Crippen LogP contribution in [0.25, 0.3) is 0 Å². The Hall–Kier alpha value is -2.45. The van der Waals surface area contributed by atoms with Crippen LogP contribution in [-0.2, 0) is 32.7 Å². The first-order valence-electron chi connectivity index (χ1n) is 25.1. The highest BCUT2D eigenvalue weighted by Gasteiger charge is 2.51. The van der Waals surface area contributed by atoms with Gasteiger partial charge in [0.05, 0.1) is 6.61 Å². The lowest BCUT2D eigenvalue weighted by molar-refractivity contribution is -0.220. The number of hydrogen-bond acceptors (Lipinski definition) is 12. The molecule has 0 amide bonds. The number of carbonyl (C=O) groups excluding carboxylic acids is 2. The number of aliphatic hydroxyl groups is 5. The first-order valence-corrected chi connectivity index (χ1v) is 26.6. The van der Waals surface area contributed by atoms with Crippen LogP contribution in [-0.4, -0.2) is 98.3 Å². The Labute approximate surface area is 392 Å². The quantitative estimate of drug-likeness (QED) is 0.0111. The Balaban J connectivity index is 2.40. The van der Waals surface area contributed by atoms with Crippen molar-refractivity contribution in [2.45, 2.75) is 236 Å². The molecule has 8 atom stereocenters. The van der Waals surface area contributed by atoms with Gasteiger partial charge in [-0.3, -0.25) is 18.6 Å². The zero-order valence-electron chi connectivity index (χ0n) is 40.0. The monoisotopic (exact) mass is 941 g/mol. The molecule has 1 aliphatic rings. The Bertz CT molecular complexity index is 1370. The van der Waals surface area contributed by atoms with Gasteiger partial charge in [-0.25, -0.2) is 4.57 Å². The minimum absolute atomic E-state index is 0.0687. The van der Waals surface area contributed by atoms with Crippen molar-refractivity contribution in [3.05, 3.63) is 60.8 Å². The van der Waals surface area contributed by atoms with Crippen molar-refractivity contribution in [2.75, 3.05) is 13.2 Å². The molecule has 1 aliphatic carbocycles. The predicted octanol–water partition coefficient (Wildman–Crippen LogP) is 10.5. The minimum Gasteiger partial charge on any atom is -0.462 e. The zero-order valence-corrected chi connectivity index (χ0v) is 40.9. The van der Waals surface area contributed by atoms with Crippen molar-refractivity contribution in [1.82, 2.24) is 0 Å². The molecule has 1 saturated carbocycles. The highest BCUT2D eigenvalue weighted by molar-refractivity contribution is 7.47. The fraction of sp³-hybridized carbons (Fsp3) is 0.765. The summed E-state index contributed by atoms with van der Waals surface area (Å²) in [6.45, 7) is 3.15. The van der Waals surface area contributed by atoms with Crippen LogP contribution in [0.1, 0.15) is 194 Å². The number of aliphatic hydroxyl groups excluding tert-OH is 5. The van der Waals surface area contributed by atoms with Crippen LogP contribution in [0.3, 0.4) is 0 Å². The first-order chi connectivity index (χ1) is 31.4. The van der Waals surface area contributed by atoms with Crippen LogP contribution in [0.15, 0.2) is 60.8 Å². The van der Waals surface area contributed by atoms with Crippen LogP contribution >= 0.6 is 7.82 Å². The van der Waals surface area contributed by atoms with Crippen molar-refractivity contribution in [3.8, 4) is 0 Å². The lowest BCUT2D eigenvalue weighted by Gasteiger charge is -2.41. The number of ether oxygens (including phenoxy) is 2. The van der Waals surface area contributed by atoms with Gasteiger partial charge in [-0.15, -0.1) is 0 Å². The maximum atomic E-state index is 12.8. The van der Waals surface area contributed by atoms with E-state index in [1.807, 2.05) is 36.5 Å². The molecule has 0 aliphatic heterocycles. The van der Waals surface area contributed by atoms with Crippen LogP contribution in [0.2, 0.25) is 0 Å². The average Bonchev–Trinajstić information content (AvgIpc) is 3.29. The molecule has 65 heavy (non-hydrogen) atoms. The summed E-state index contributed by atoms with van der Waals surface area (Å²) in [5, 5.41) is 50.2. The van der Waals surface area contributed by atoms with Crippen molar-refractivity contribution < 1.29 is 63.1 Å². The summed E-state index contributed by atoms with van der Waals surface area (Å²) in [4.78, 5) is 35.8. The largest absolute Gasteiger partial charge is 0.472 e. The van der Waals surface area contributed by atoms with Gasteiger partial charge >= 0.3 is 19.8 Å². The molecule has 1 rings (SSSR count). The number of phosphoric acid groups is 1. The standard InChI is InChI=1S/C51H89O13P/c1-3-5-7-9-11-13-15-17-19-20-21-22-23-24-26-27-29-31-33-35-37-39-44(52)61-41-43(42-62-65(59,60)64-51-49(57)47(55)46(54)48(56)50(51)58)63-45(53)40-38-36-34-32-30-28-25-18-16-14-12-10-8-6-4-2/h6,8,10,12,14,16-19,25,43,46-51,54-58H,3-5,7,9,11,13,15,20-24,26-42H2,1-2H3,(H,59,60)/b8-6+,12-10+,16-14+,19-17+,25-18+/t43-,46?,47-,48?,49?,50?,51?/m0/s1. The van der Waals surface area contributed by atoms with Gasteiger partial charge in [-0.05, 0) is 57.8 Å². The Morgan fingerprint density at radius 1 is 0.492 bits per heavy atom. The highest BCUT2D eigenvalue weighted by atomic mass is 31.2. The number of allylic oxidation sites excluding steroid dienone is 10. The molecular weight excluding hydrogens is 852 g/mol. The lowest BCUT2D eigenvalue weighted by Crippen LogP contribution is -2.64. The molecule has 14 heteroatoms. The van der Waals surface area contributed by atoms with E-state index in [2.05, 4.69) is 38.2 Å². The molecule has 376 valence electrons. The van der Waals surface area contributed by atoms with Gasteiger partial charge in [0.2, 0.25) is 0 Å². The first kappa shape index (κ1) is 60.6. The zero-order chi connectivity index (χ0) is 47.8. The van der Waals surface area contributed by atoms with E-state index in [0.717, 1.165) is 57.8 Å². The fourth-order valence-electron chi connectivity index (χ4n) is 7.41. The minimum atomic E-state index is -5.13. The predicted molar refractivity (Wildman–Crippen MR) is 258 cm³/mol. The molecular formula is C51H89O13P. The summed E-state index contributed by atoms with van der Waals surface area (Å²) in [6.07, 6.45) is 37.0. The number of carbonyl (C=O) groups is 2. The summed E-state index contributed by atoms with van der Waals surface area (Å²) in [5.74, 6) is -1.13. The maximum Gasteiger partial charge on any atom is 0.472 e. The molecule has 6 unspecified atom stereocenters. The summed E-state index contributed by atoms with van der Waals surface area (Å²) < 4.78 is 33.6. The second kappa shape index (κ2) is 40.6. The third kappa shape index (κ3) is 32.8. The summed E-state index contributed by atoms with van der Waals surface area (Å²) in [6, 6.07) is 0. The van der Waals surface area contributed by atoms with E-state index in [0.29, 0.717) is 12.8 Å². The molecule has 6 N–H and O–H groups in total. The van der Waals surface area contributed by atoms with Crippen LogP contribution in [0.5, 0.6) is 0 Å². The summed E-state index contributed by atoms with van der Waals surface area (Å²) >= 11 is 0. The fourth-order valence-corrected chi connectivity index (χ4v) is 8.38. The van der Waals surface area contributed by atoms with Crippen LogP contribution in [0, 0.1) is 0 Å². The molecule has 0 bridgehead atoms. The van der Waals surface area contributed by atoms with Gasteiger partial charge in [0.1, 0.15) is 43.2 Å². The molecule has 0 spiro atoms. The Morgan fingerprint density at radius 2 is 0.892 bits per heavy atom. The third-order valence-electron chi connectivity index (χ3n) is 11.4. The molecule has 0 aromatic carbocycles. The van der Waals surface area contributed by atoms with Gasteiger partial charge < -0.3 is 39.9 Å². The molecule has 13 nitrogen and oxygen atoms in total. The maximum absolute atomic E-state index is 12.8. The van der Waals surface area contributed by atoms with Crippen LogP contribution < -0.4 is 0 Å². The van der Waals surface area contributed by atoms with E-state index in [4.69, 9.17) is 18.5 Å². The normalized spacial score (nSPS) is 21.9. The second-order valence-corrected chi connectivity index (χ2v) is 18.8. The second-order valence-electron chi connectivity index (χ2n) is 17.4. The van der Waals surface area contributed by atoms with E-state index in [1.54, 1.807) is 0 Å². The van der Waals surface area contributed by atoms with Gasteiger partial charge in [-0.2, -0.15) is 0 Å². The van der Waals surface area contributed by atoms with E-state index in [9.17, 15) is 44.6 Å². The Kier molecular flexibility index (Phi) is 37.8. The van der Waals surface area contributed by atoms with Crippen LogP contribution in [0.4, 0.5) is 0 Å². The number of hydrogen-bond donors (Lipinski definition) is 6. The van der Waals surface area contributed by atoms with Crippen molar-refractivity contribution >= 4 is 19.8 Å². The lowest BCUT2D eigenvalue weighted by atomic mass is 9.85. The number of unbranched alkanes of at least 4 members (excludes halogenated alkanes) is 22. The van der Waals surface area contributed by atoms with Gasteiger partial charge in [0, 0.05) is 12.8 Å². The molecule has 0 aromatic rings. The summed E-state index contributed by atoms with van der Waals surface area (Å²) in [5.41, 5.74) is 0. The van der Waals surface area contributed by atoms with Gasteiger partial charge in [0.15, 0.2) is 6.10 Å². The smallest absolute Gasteiger partial charge is 0.462 e. The third-order valence-corrected chi connectivity index (χ3v) is 12.4. The van der Waals surface area contributed by atoms with E-state index >= 15 is 0 Å². The van der Waals surface area contributed by atoms with Crippen molar-refractivity contribution in [3.63, 3.8) is 0 Å². The highest BCUT2D eigenvalue weighted by Crippen LogP contribution is 2.47. The van der Waals surface area contributed by atoms with E-state index < -0.39 is 75.7 Å². The van der Waals surface area contributed by atoms with Crippen molar-refractivity contribution in [2.24, 2.45) is 0 Å². The van der Waals surface area contributed by atoms with E-state index in [-0.39, 0.29) is 12.8 Å². The molecule has 0 aromatic heterocycles. The summed E-state index contributed by atoms with van der Waals surface area (Å²) in [7, 11) is -5.13. The molecule has 0 radical (unpaired) electrons. The average molecular weight is 941 g/mol. The topological polar surface area (TPSA) is 210 Å². The molecule has 1 fully saturated rings.